The number of carbonyl (C=O) groups is 1. The minimum Gasteiger partial charge on any atom is -0.493 e. The van der Waals surface area contributed by atoms with Crippen molar-refractivity contribution < 1.29 is 23.0 Å². The second-order valence-corrected chi connectivity index (χ2v) is 5.89. The zero-order valence-corrected chi connectivity index (χ0v) is 14.9. The molecule has 0 saturated heterocycles. The average Bonchev–Trinajstić information content (AvgIpc) is 2.61. The first kappa shape index (κ1) is 19.7. The van der Waals surface area contributed by atoms with Gasteiger partial charge in [-0.15, -0.1) is 0 Å². The van der Waals surface area contributed by atoms with E-state index in [1.807, 2.05) is 24.3 Å². The minimum absolute atomic E-state index is 0.124. The number of ether oxygens (including phenoxy) is 2. The molecule has 0 heterocycles. The van der Waals surface area contributed by atoms with E-state index in [1.165, 1.54) is 24.8 Å². The van der Waals surface area contributed by atoms with Crippen molar-refractivity contribution >= 4 is 11.6 Å². The summed E-state index contributed by atoms with van der Waals surface area (Å²) in [6, 6.07) is 12.3. The number of hydrogen-bond acceptors (Lipinski definition) is 3. The Bertz CT molecular complexity index is 717. The van der Waals surface area contributed by atoms with Gasteiger partial charge in [-0.1, -0.05) is 37.6 Å². The molecule has 0 radical (unpaired) electrons. The van der Waals surface area contributed by atoms with Gasteiger partial charge < -0.3 is 14.8 Å². The third kappa shape index (κ3) is 6.02. The van der Waals surface area contributed by atoms with Crippen molar-refractivity contribution in [2.75, 3.05) is 12.4 Å². The van der Waals surface area contributed by atoms with Crippen LogP contribution in [-0.2, 0) is 17.6 Å². The van der Waals surface area contributed by atoms with E-state index in [4.69, 9.17) is 4.74 Å². The lowest BCUT2D eigenvalue weighted by Crippen LogP contribution is -2.14. The Morgan fingerprint density at radius 2 is 1.77 bits per heavy atom. The highest BCUT2D eigenvalue weighted by atomic mass is 19.3. The molecule has 0 aliphatic rings. The Kier molecular flexibility index (Phi) is 7.38. The third-order valence-electron chi connectivity index (χ3n) is 3.87. The van der Waals surface area contributed by atoms with E-state index in [0.717, 1.165) is 24.8 Å². The van der Waals surface area contributed by atoms with Crippen molar-refractivity contribution in [1.29, 1.82) is 0 Å². The second kappa shape index (κ2) is 9.75. The molecule has 0 atom stereocenters. The number of methoxy groups -OCH3 is 1. The molecule has 2 aromatic carbocycles. The number of nitrogens with one attached hydrogen (secondary N) is 1. The lowest BCUT2D eigenvalue weighted by atomic mass is 10.0. The Morgan fingerprint density at radius 3 is 2.38 bits per heavy atom. The van der Waals surface area contributed by atoms with Gasteiger partial charge in [-0.2, -0.15) is 8.78 Å². The molecular formula is C20H23F2NO3. The lowest BCUT2D eigenvalue weighted by molar-refractivity contribution is -0.115. The van der Waals surface area contributed by atoms with Gasteiger partial charge >= 0.3 is 6.61 Å². The van der Waals surface area contributed by atoms with E-state index in [2.05, 4.69) is 17.0 Å². The van der Waals surface area contributed by atoms with Gasteiger partial charge in [0.05, 0.1) is 13.5 Å². The summed E-state index contributed by atoms with van der Waals surface area (Å²) in [7, 11) is 1.36. The number of anilines is 1. The molecule has 0 aliphatic carbocycles. The number of unbranched alkanes of at least 4 members (excludes halogenated alkanes) is 1. The summed E-state index contributed by atoms with van der Waals surface area (Å²) in [6.45, 7) is -0.823. The number of benzene rings is 2. The summed E-state index contributed by atoms with van der Waals surface area (Å²) in [4.78, 5) is 12.2. The van der Waals surface area contributed by atoms with Crippen molar-refractivity contribution in [1.82, 2.24) is 0 Å². The van der Waals surface area contributed by atoms with Crippen LogP contribution < -0.4 is 14.8 Å². The molecule has 0 saturated carbocycles. The quantitative estimate of drug-likeness (QED) is 0.695. The molecule has 140 valence electrons. The summed E-state index contributed by atoms with van der Waals surface area (Å²) in [5.41, 5.74) is 2.51. The van der Waals surface area contributed by atoms with Crippen molar-refractivity contribution in [3.05, 3.63) is 53.6 Å². The van der Waals surface area contributed by atoms with Crippen LogP contribution in [0.2, 0.25) is 0 Å². The van der Waals surface area contributed by atoms with Crippen LogP contribution >= 0.6 is 0 Å². The molecule has 26 heavy (non-hydrogen) atoms. The van der Waals surface area contributed by atoms with E-state index >= 15 is 0 Å². The van der Waals surface area contributed by atoms with Crippen molar-refractivity contribution in [2.45, 2.75) is 39.2 Å². The van der Waals surface area contributed by atoms with Gasteiger partial charge in [0.1, 0.15) is 0 Å². The maximum atomic E-state index is 12.5. The topological polar surface area (TPSA) is 47.6 Å². The molecule has 0 unspecified atom stereocenters. The van der Waals surface area contributed by atoms with E-state index in [1.54, 1.807) is 6.07 Å². The van der Waals surface area contributed by atoms with E-state index in [0.29, 0.717) is 5.69 Å². The molecule has 0 fully saturated rings. The molecule has 6 heteroatoms. The maximum absolute atomic E-state index is 12.5. The standard InChI is InChI=1S/C20H23F2NO3/c1-3-4-5-14-6-8-15(9-7-14)12-19(24)23-16-10-11-17(25-2)18(13-16)26-20(21)22/h6-11,13,20H,3-5,12H2,1-2H3,(H,23,24). The zero-order valence-electron chi connectivity index (χ0n) is 14.9. The zero-order chi connectivity index (χ0) is 18.9. The van der Waals surface area contributed by atoms with Crippen molar-refractivity contribution in [3.8, 4) is 11.5 Å². The summed E-state index contributed by atoms with van der Waals surface area (Å²) in [5, 5.41) is 2.68. The van der Waals surface area contributed by atoms with Gasteiger partial charge in [0.25, 0.3) is 0 Å². The molecule has 1 amide bonds. The Morgan fingerprint density at radius 1 is 1.08 bits per heavy atom. The van der Waals surface area contributed by atoms with Crippen LogP contribution in [0, 0.1) is 0 Å². The summed E-state index contributed by atoms with van der Waals surface area (Å²) < 4.78 is 34.3. The maximum Gasteiger partial charge on any atom is 0.387 e. The summed E-state index contributed by atoms with van der Waals surface area (Å²) >= 11 is 0. The van der Waals surface area contributed by atoms with Gasteiger partial charge in [0, 0.05) is 11.8 Å². The Balaban J connectivity index is 1.98. The van der Waals surface area contributed by atoms with Gasteiger partial charge in [0.15, 0.2) is 11.5 Å². The molecule has 0 aromatic heterocycles. The van der Waals surface area contributed by atoms with Crippen molar-refractivity contribution in [3.63, 3.8) is 0 Å². The number of aryl methyl sites for hydroxylation is 1. The smallest absolute Gasteiger partial charge is 0.387 e. The number of halogens is 2. The molecule has 0 spiro atoms. The van der Waals surface area contributed by atoms with Crippen LogP contribution in [0.1, 0.15) is 30.9 Å². The summed E-state index contributed by atoms with van der Waals surface area (Å²) in [6.07, 6.45) is 3.51. The Hall–Kier alpha value is -2.63. The van der Waals surface area contributed by atoms with Crippen LogP contribution in [0.15, 0.2) is 42.5 Å². The van der Waals surface area contributed by atoms with Crippen LogP contribution in [0.25, 0.3) is 0 Å². The fourth-order valence-corrected chi connectivity index (χ4v) is 2.54. The number of alkyl halides is 2. The molecule has 2 rings (SSSR count). The number of rotatable bonds is 9. The van der Waals surface area contributed by atoms with E-state index in [9.17, 15) is 13.6 Å². The first-order chi connectivity index (χ1) is 12.5. The SMILES string of the molecule is CCCCc1ccc(CC(=O)Nc2ccc(OC)c(OC(F)F)c2)cc1. The molecule has 0 bridgehead atoms. The average molecular weight is 363 g/mol. The van der Waals surface area contributed by atoms with Crippen LogP contribution in [-0.4, -0.2) is 19.6 Å². The fourth-order valence-electron chi connectivity index (χ4n) is 2.54. The van der Waals surface area contributed by atoms with Gasteiger partial charge in [0.2, 0.25) is 5.91 Å². The lowest BCUT2D eigenvalue weighted by Gasteiger charge is -2.12. The summed E-state index contributed by atoms with van der Waals surface area (Å²) in [5.74, 6) is -0.189. The van der Waals surface area contributed by atoms with Gasteiger partial charge in [-0.05, 0) is 36.1 Å². The molecule has 0 aliphatic heterocycles. The fraction of sp³-hybridized carbons (Fsp3) is 0.350. The largest absolute Gasteiger partial charge is 0.493 e. The third-order valence-corrected chi connectivity index (χ3v) is 3.87. The van der Waals surface area contributed by atoms with Gasteiger partial charge in [-0.3, -0.25) is 4.79 Å². The predicted molar refractivity (Wildman–Crippen MR) is 97.0 cm³/mol. The predicted octanol–water partition coefficient (Wildman–Crippen LogP) is 4.82. The molecular weight excluding hydrogens is 340 g/mol. The monoisotopic (exact) mass is 363 g/mol. The van der Waals surface area contributed by atoms with E-state index in [-0.39, 0.29) is 23.8 Å². The number of carbonyl (C=O) groups excluding carboxylic acids is 1. The van der Waals surface area contributed by atoms with Crippen LogP contribution in [0.4, 0.5) is 14.5 Å². The van der Waals surface area contributed by atoms with Gasteiger partial charge in [-0.25, -0.2) is 0 Å². The first-order valence-electron chi connectivity index (χ1n) is 8.52. The van der Waals surface area contributed by atoms with E-state index < -0.39 is 6.61 Å². The first-order valence-corrected chi connectivity index (χ1v) is 8.52. The molecule has 4 nitrogen and oxygen atoms in total. The van der Waals surface area contributed by atoms with Crippen molar-refractivity contribution in [2.24, 2.45) is 0 Å². The number of hydrogen-bond donors (Lipinski definition) is 1. The van der Waals surface area contributed by atoms with Crippen LogP contribution in [0.3, 0.4) is 0 Å². The molecule has 2 aromatic rings. The normalized spacial score (nSPS) is 10.7. The Labute approximate surface area is 152 Å². The number of amides is 1. The minimum atomic E-state index is -2.97. The second-order valence-electron chi connectivity index (χ2n) is 5.89. The highest BCUT2D eigenvalue weighted by molar-refractivity contribution is 5.92. The highest BCUT2D eigenvalue weighted by Gasteiger charge is 2.12. The molecule has 1 N–H and O–H groups in total. The highest BCUT2D eigenvalue weighted by Crippen LogP contribution is 2.31. The van der Waals surface area contributed by atoms with Crippen LogP contribution in [0.5, 0.6) is 11.5 Å².